The van der Waals surface area contributed by atoms with E-state index < -0.39 is 8.07 Å². The van der Waals surface area contributed by atoms with E-state index >= 15 is 0 Å². The second-order valence-electron chi connectivity index (χ2n) is 16.4. The van der Waals surface area contributed by atoms with Gasteiger partial charge in [-0.1, -0.05) is 200 Å². The highest BCUT2D eigenvalue weighted by Gasteiger charge is 2.53. The van der Waals surface area contributed by atoms with E-state index in [1.807, 2.05) is 0 Å². The van der Waals surface area contributed by atoms with Gasteiger partial charge in [0.15, 0.2) is 8.07 Å². The van der Waals surface area contributed by atoms with E-state index in [4.69, 9.17) is 4.74 Å². The number of nitrogens with zero attached hydrogens (tertiary/aromatic N) is 1. The van der Waals surface area contributed by atoms with E-state index in [-0.39, 0.29) is 0 Å². The first-order chi connectivity index (χ1) is 31.2. The van der Waals surface area contributed by atoms with Crippen LogP contribution in [0.25, 0.3) is 55.6 Å². The van der Waals surface area contributed by atoms with E-state index in [0.29, 0.717) is 0 Å². The molecule has 0 atom stereocenters. The summed E-state index contributed by atoms with van der Waals surface area (Å²) in [4.78, 5) is 2.34. The number of hydrogen-bond donors (Lipinski definition) is 0. The van der Waals surface area contributed by atoms with Crippen LogP contribution in [0.1, 0.15) is 0 Å². The van der Waals surface area contributed by atoms with Gasteiger partial charge in [0.2, 0.25) is 0 Å². The number of benzene rings is 10. The molecule has 63 heavy (non-hydrogen) atoms. The molecule has 0 aromatic heterocycles. The van der Waals surface area contributed by atoms with Gasteiger partial charge in [0.05, 0.1) is 0 Å². The zero-order valence-corrected chi connectivity index (χ0v) is 35.5. The molecule has 0 radical (unpaired) electrons. The van der Waals surface area contributed by atoms with Gasteiger partial charge in [-0.25, -0.2) is 0 Å². The quantitative estimate of drug-likeness (QED) is 0.149. The number of fused-ring (bicyclic) bond motifs is 9. The molecule has 296 valence electrons. The summed E-state index contributed by atoms with van der Waals surface area (Å²) in [5, 5.41) is 5.49. The minimum atomic E-state index is -2.67. The highest BCUT2D eigenvalue weighted by molar-refractivity contribution is 7.23. The van der Waals surface area contributed by atoms with Crippen LogP contribution in [0.2, 0.25) is 0 Å². The van der Waals surface area contributed by atoms with Crippen LogP contribution in [0.3, 0.4) is 0 Å². The van der Waals surface area contributed by atoms with E-state index in [2.05, 4.69) is 254 Å². The smallest absolute Gasteiger partial charge is 0.189 e. The summed E-state index contributed by atoms with van der Waals surface area (Å²) in [6.07, 6.45) is 0. The van der Waals surface area contributed by atoms with E-state index in [9.17, 15) is 0 Å². The van der Waals surface area contributed by atoms with Crippen molar-refractivity contribution in [2.45, 2.75) is 0 Å². The zero-order chi connectivity index (χ0) is 41.7. The lowest BCUT2D eigenvalue weighted by Gasteiger charge is -2.37. The topological polar surface area (TPSA) is 12.5 Å². The van der Waals surface area contributed by atoms with Gasteiger partial charge in [-0.2, -0.15) is 0 Å². The van der Waals surface area contributed by atoms with Crippen LogP contribution in [-0.2, 0) is 0 Å². The van der Waals surface area contributed by atoms with Gasteiger partial charge >= 0.3 is 0 Å². The van der Waals surface area contributed by atoms with Crippen LogP contribution < -0.4 is 30.4 Å². The SMILES string of the molecule is c1ccc(-c2ccc(-c3ccc(N(c4ccccc4)c4cccc(-c5ccc(-c6ccc7c(c6)[Si]6(c8ccccc8Oc8ccccc86)c6ccccc6-7)cc5)c4)cc3)cc2)cc1. The lowest BCUT2D eigenvalue weighted by molar-refractivity contribution is 0.487. The third-order valence-electron chi connectivity index (χ3n) is 13.0. The van der Waals surface area contributed by atoms with Gasteiger partial charge in [0, 0.05) is 17.1 Å². The zero-order valence-electron chi connectivity index (χ0n) is 34.5. The van der Waals surface area contributed by atoms with Gasteiger partial charge in [-0.3, -0.25) is 0 Å². The molecular weight excluding hydrogens is 779 g/mol. The summed E-state index contributed by atoms with van der Waals surface area (Å²) >= 11 is 0. The van der Waals surface area contributed by atoms with Crippen molar-refractivity contribution in [3.8, 4) is 67.1 Å². The standard InChI is InChI=1S/C60H41NOSi/c1-3-14-42(15-4-1)43-26-28-44(29-27-43)45-34-37-51(38-35-45)61(50-17-5-2-6-18-50)52-19-13-16-48(40-52)46-30-32-47(33-31-46)49-36-39-54-53-20-7-10-23-57(53)63(60(54)41-49)58-24-11-8-21-55(58)62-56-22-9-12-25-59(56)63/h1-41H. The van der Waals surface area contributed by atoms with Gasteiger partial charge in [-0.05, 0) is 125 Å². The molecule has 0 unspecified atom stereocenters. The Morgan fingerprint density at radius 2 is 0.651 bits per heavy atom. The number of ether oxygens (including phenoxy) is 1. The van der Waals surface area contributed by atoms with Gasteiger partial charge in [0.1, 0.15) is 11.5 Å². The van der Waals surface area contributed by atoms with Crippen LogP contribution in [0.4, 0.5) is 17.1 Å². The molecule has 3 heteroatoms. The summed E-state index contributed by atoms with van der Waals surface area (Å²) in [7, 11) is -2.67. The molecule has 10 aromatic rings. The summed E-state index contributed by atoms with van der Waals surface area (Å²) in [6.45, 7) is 0. The number of rotatable bonds is 7. The molecule has 0 aliphatic carbocycles. The number of hydrogen-bond acceptors (Lipinski definition) is 2. The number of anilines is 3. The maximum Gasteiger partial charge on any atom is 0.189 e. The first-order valence-electron chi connectivity index (χ1n) is 21.7. The summed E-state index contributed by atoms with van der Waals surface area (Å²) < 4.78 is 6.61. The van der Waals surface area contributed by atoms with Gasteiger partial charge in [0.25, 0.3) is 0 Å². The fraction of sp³-hybridized carbons (Fsp3) is 0. The summed E-state index contributed by atoms with van der Waals surface area (Å²) in [6, 6.07) is 90.6. The van der Waals surface area contributed by atoms with Gasteiger partial charge < -0.3 is 9.64 Å². The lowest BCUT2D eigenvalue weighted by atomic mass is 9.97. The van der Waals surface area contributed by atoms with Crippen LogP contribution in [0.5, 0.6) is 11.5 Å². The fourth-order valence-electron chi connectivity index (χ4n) is 10.0. The molecule has 0 saturated carbocycles. The highest BCUT2D eigenvalue weighted by atomic mass is 28.3. The Morgan fingerprint density at radius 1 is 0.254 bits per heavy atom. The Kier molecular flexibility index (Phi) is 8.87. The second kappa shape index (κ2) is 15.2. The molecule has 12 rings (SSSR count). The maximum absolute atomic E-state index is 6.61. The van der Waals surface area contributed by atoms with Crippen LogP contribution in [-0.4, -0.2) is 8.07 Å². The molecule has 10 aromatic carbocycles. The van der Waals surface area contributed by atoms with Crippen molar-refractivity contribution in [3.63, 3.8) is 0 Å². The Bertz CT molecular complexity index is 3240. The maximum atomic E-state index is 6.61. The molecular formula is C60H41NOSi. The average Bonchev–Trinajstić information content (AvgIpc) is 3.65. The number of para-hydroxylation sites is 3. The molecule has 2 nitrogen and oxygen atoms in total. The van der Waals surface area contributed by atoms with Crippen LogP contribution in [0.15, 0.2) is 249 Å². The predicted molar refractivity (Wildman–Crippen MR) is 266 cm³/mol. The Morgan fingerprint density at radius 3 is 1.27 bits per heavy atom. The molecule has 0 fully saturated rings. The Balaban J connectivity index is 0.879. The molecule has 0 saturated heterocycles. The molecule has 2 heterocycles. The second-order valence-corrected chi connectivity index (χ2v) is 20.1. The van der Waals surface area contributed by atoms with Gasteiger partial charge in [-0.15, -0.1) is 0 Å². The van der Waals surface area contributed by atoms with Crippen molar-refractivity contribution < 1.29 is 4.74 Å². The predicted octanol–water partition coefficient (Wildman–Crippen LogP) is 13.3. The van der Waals surface area contributed by atoms with Crippen molar-refractivity contribution in [3.05, 3.63) is 249 Å². The first kappa shape index (κ1) is 36.8. The van der Waals surface area contributed by atoms with Crippen molar-refractivity contribution in [2.24, 2.45) is 0 Å². The van der Waals surface area contributed by atoms with E-state index in [0.717, 1.165) is 28.6 Å². The molecule has 2 aliphatic heterocycles. The molecule has 1 spiro atoms. The third-order valence-corrected chi connectivity index (χ3v) is 17.9. The normalized spacial score (nSPS) is 12.7. The lowest BCUT2D eigenvalue weighted by Crippen LogP contribution is -2.74. The first-order valence-corrected chi connectivity index (χ1v) is 23.7. The van der Waals surface area contributed by atoms with Crippen molar-refractivity contribution in [1.29, 1.82) is 0 Å². The summed E-state index contributed by atoms with van der Waals surface area (Å²) in [5.41, 5.74) is 15.6. The average molecular weight is 820 g/mol. The fourth-order valence-corrected chi connectivity index (χ4v) is 15.4. The minimum absolute atomic E-state index is 0.968. The minimum Gasteiger partial charge on any atom is -0.458 e. The molecule has 0 amide bonds. The Hall–Kier alpha value is -7.98. The third kappa shape index (κ3) is 6.16. The summed E-state index contributed by atoms with van der Waals surface area (Å²) in [5.74, 6) is 1.94. The van der Waals surface area contributed by atoms with Crippen molar-refractivity contribution in [1.82, 2.24) is 0 Å². The Labute approximate surface area is 369 Å². The van der Waals surface area contributed by atoms with E-state index in [1.54, 1.807) is 0 Å². The van der Waals surface area contributed by atoms with Crippen LogP contribution in [0, 0.1) is 0 Å². The van der Waals surface area contributed by atoms with Crippen molar-refractivity contribution >= 4 is 45.9 Å². The molecule has 0 bridgehead atoms. The van der Waals surface area contributed by atoms with E-state index in [1.165, 1.54) is 76.4 Å². The largest absolute Gasteiger partial charge is 0.458 e. The molecule has 0 N–H and O–H groups in total. The van der Waals surface area contributed by atoms with Crippen LogP contribution >= 0.6 is 0 Å². The monoisotopic (exact) mass is 819 g/mol. The molecule has 2 aliphatic rings. The highest BCUT2D eigenvalue weighted by Crippen LogP contribution is 2.40. The van der Waals surface area contributed by atoms with Crippen molar-refractivity contribution in [2.75, 3.05) is 4.90 Å².